The van der Waals surface area contributed by atoms with Gasteiger partial charge in [0.15, 0.2) is 5.82 Å². The molecule has 0 aliphatic rings. The normalized spacial score (nSPS) is 12.9. The second kappa shape index (κ2) is 12.2. The molecule has 4 rings (SSSR count). The Morgan fingerprint density at radius 1 is 1.18 bits per heavy atom. The number of halogens is 4. The Morgan fingerprint density at radius 3 is 2.55 bits per heavy atom. The molecule has 0 fully saturated rings. The van der Waals surface area contributed by atoms with E-state index in [4.69, 9.17) is 10.5 Å². The number of H-pyrrole nitrogens is 1. The molecule has 0 aliphatic heterocycles. The summed E-state index contributed by atoms with van der Waals surface area (Å²) in [5.41, 5.74) is 7.32. The molecule has 0 saturated heterocycles. The van der Waals surface area contributed by atoms with Gasteiger partial charge in [0.2, 0.25) is 0 Å². The van der Waals surface area contributed by atoms with Gasteiger partial charge in [-0.15, -0.1) is 0 Å². The SMILES string of the molecule is CCC(Oc1cc(-c2[nH]nc(Nc3cnccn3)c2C(N)=O)ccc1NS[C@H](C)C(F)(F)F)c1ccc(F)cc1. The van der Waals surface area contributed by atoms with Crippen molar-refractivity contribution in [3.05, 3.63) is 78.0 Å². The summed E-state index contributed by atoms with van der Waals surface area (Å²) in [5, 5.41) is 8.11. The molecule has 2 heterocycles. The molecule has 0 aliphatic carbocycles. The van der Waals surface area contributed by atoms with Gasteiger partial charge in [0.05, 0.1) is 17.6 Å². The number of nitrogens with two attached hydrogens (primary N) is 1. The monoisotopic (exact) mass is 575 g/mol. The number of primary amides is 1. The van der Waals surface area contributed by atoms with Crippen LogP contribution in [0.4, 0.5) is 34.9 Å². The van der Waals surface area contributed by atoms with E-state index in [0.29, 0.717) is 35.3 Å². The number of aromatic amines is 1. The molecular formula is C26H25F4N7O2S. The van der Waals surface area contributed by atoms with Crippen molar-refractivity contribution in [3.63, 3.8) is 0 Å². The Morgan fingerprint density at radius 2 is 1.93 bits per heavy atom. The number of anilines is 3. The van der Waals surface area contributed by atoms with Crippen LogP contribution in [-0.2, 0) is 0 Å². The second-order valence-electron chi connectivity index (χ2n) is 8.58. The minimum Gasteiger partial charge on any atom is -0.484 e. The zero-order valence-electron chi connectivity index (χ0n) is 21.3. The van der Waals surface area contributed by atoms with E-state index in [1.807, 2.05) is 6.92 Å². The van der Waals surface area contributed by atoms with Crippen LogP contribution in [0, 0.1) is 5.82 Å². The zero-order valence-corrected chi connectivity index (χ0v) is 22.1. The molecule has 2 atom stereocenters. The molecule has 1 amide bonds. The van der Waals surface area contributed by atoms with Gasteiger partial charge in [-0.05, 0) is 55.1 Å². The molecule has 9 nitrogen and oxygen atoms in total. The van der Waals surface area contributed by atoms with Crippen molar-refractivity contribution in [1.82, 2.24) is 20.2 Å². The van der Waals surface area contributed by atoms with Crippen LogP contribution in [0.5, 0.6) is 5.75 Å². The number of nitrogens with one attached hydrogen (secondary N) is 3. The number of alkyl halides is 3. The quantitative estimate of drug-likeness (QED) is 0.120. The van der Waals surface area contributed by atoms with Gasteiger partial charge in [0.25, 0.3) is 5.91 Å². The Kier molecular flexibility index (Phi) is 8.77. The summed E-state index contributed by atoms with van der Waals surface area (Å²) in [6.07, 6.45) is -0.116. The minimum absolute atomic E-state index is 0.0305. The van der Waals surface area contributed by atoms with Crippen molar-refractivity contribution in [2.24, 2.45) is 5.73 Å². The summed E-state index contributed by atoms with van der Waals surface area (Å²) in [5.74, 6) is -0.562. The van der Waals surface area contributed by atoms with E-state index in [2.05, 4.69) is 30.2 Å². The van der Waals surface area contributed by atoms with E-state index in [0.717, 1.165) is 6.92 Å². The van der Waals surface area contributed by atoms with Gasteiger partial charge in [-0.2, -0.15) is 18.3 Å². The minimum atomic E-state index is -4.42. The first-order valence-corrected chi connectivity index (χ1v) is 12.9. The third-order valence-electron chi connectivity index (χ3n) is 5.78. The highest BCUT2D eigenvalue weighted by Crippen LogP contribution is 2.39. The van der Waals surface area contributed by atoms with Crippen LogP contribution < -0.4 is 20.5 Å². The number of carbonyl (C=O) groups excluding carboxylic acids is 1. The van der Waals surface area contributed by atoms with Gasteiger partial charge < -0.3 is 20.5 Å². The highest BCUT2D eigenvalue weighted by Gasteiger charge is 2.37. The van der Waals surface area contributed by atoms with Gasteiger partial charge in [0, 0.05) is 18.0 Å². The lowest BCUT2D eigenvalue weighted by molar-refractivity contribution is -0.125. The van der Waals surface area contributed by atoms with Crippen LogP contribution >= 0.6 is 11.9 Å². The fourth-order valence-corrected chi connectivity index (χ4v) is 4.27. The third-order valence-corrected chi connectivity index (χ3v) is 6.74. The highest BCUT2D eigenvalue weighted by atomic mass is 32.2. The number of benzene rings is 2. The lowest BCUT2D eigenvalue weighted by Crippen LogP contribution is -2.23. The van der Waals surface area contributed by atoms with Gasteiger partial charge in [-0.3, -0.25) is 14.9 Å². The molecule has 0 saturated carbocycles. The average Bonchev–Trinajstić information content (AvgIpc) is 3.35. The Balaban J connectivity index is 1.72. The van der Waals surface area contributed by atoms with Crippen molar-refractivity contribution >= 4 is 35.2 Å². The molecule has 0 spiro atoms. The van der Waals surface area contributed by atoms with Gasteiger partial charge in [-0.25, -0.2) is 9.37 Å². The summed E-state index contributed by atoms with van der Waals surface area (Å²) in [4.78, 5) is 20.5. The maximum atomic E-state index is 13.5. The maximum absolute atomic E-state index is 13.5. The molecule has 4 aromatic rings. The predicted octanol–water partition coefficient (Wildman–Crippen LogP) is 6.39. The van der Waals surface area contributed by atoms with Crippen molar-refractivity contribution in [1.29, 1.82) is 0 Å². The van der Waals surface area contributed by atoms with Crippen molar-refractivity contribution in [2.45, 2.75) is 37.8 Å². The summed E-state index contributed by atoms with van der Waals surface area (Å²) in [6, 6.07) is 10.4. The van der Waals surface area contributed by atoms with E-state index in [1.165, 1.54) is 36.8 Å². The van der Waals surface area contributed by atoms with Crippen LogP contribution in [0.3, 0.4) is 0 Å². The lowest BCUT2D eigenvalue weighted by atomic mass is 10.0. The maximum Gasteiger partial charge on any atom is 0.402 e. The van der Waals surface area contributed by atoms with Gasteiger partial charge in [-0.1, -0.05) is 25.1 Å². The Bertz CT molecular complexity index is 1450. The molecule has 5 N–H and O–H groups in total. The first-order valence-electron chi connectivity index (χ1n) is 12.0. The first kappa shape index (κ1) is 28.7. The Labute approximate surface area is 231 Å². The zero-order chi connectivity index (χ0) is 28.9. The van der Waals surface area contributed by atoms with Crippen molar-refractivity contribution in [3.8, 4) is 17.0 Å². The smallest absolute Gasteiger partial charge is 0.402 e. The second-order valence-corrected chi connectivity index (χ2v) is 9.73. The number of ether oxygens (including phenoxy) is 1. The van der Waals surface area contributed by atoms with Crippen molar-refractivity contribution in [2.75, 3.05) is 10.0 Å². The number of hydrogen-bond donors (Lipinski definition) is 4. The number of nitrogens with zero attached hydrogens (tertiary/aromatic N) is 3. The summed E-state index contributed by atoms with van der Waals surface area (Å²) >= 11 is 0.476. The van der Waals surface area contributed by atoms with E-state index in [1.54, 1.807) is 24.3 Å². The summed E-state index contributed by atoms with van der Waals surface area (Å²) < 4.78 is 61.9. The predicted molar refractivity (Wildman–Crippen MR) is 145 cm³/mol. The topological polar surface area (TPSA) is 131 Å². The van der Waals surface area contributed by atoms with E-state index in [9.17, 15) is 22.4 Å². The van der Waals surface area contributed by atoms with Gasteiger partial charge >= 0.3 is 6.18 Å². The molecule has 210 valence electrons. The fraction of sp³-hybridized carbons (Fsp3) is 0.231. The average molecular weight is 576 g/mol. The van der Waals surface area contributed by atoms with Gasteiger partial charge in [0.1, 0.15) is 34.3 Å². The fourth-order valence-electron chi connectivity index (χ4n) is 3.66. The standard InChI is InChI=1S/C26H25F4N7O2S/c1-3-19(15-4-7-17(27)8-5-15)39-20-12-16(6-9-18(20)37-40-14(2)26(28,29)30)23-22(24(31)38)25(36-35-23)34-21-13-32-10-11-33-21/h4-14,19,37H,3H2,1-2H3,(H2,31,38)(H2,33,34,35,36)/t14-,19?/m1/s1. The summed E-state index contributed by atoms with van der Waals surface area (Å²) in [7, 11) is 0. The lowest BCUT2D eigenvalue weighted by Gasteiger charge is -2.22. The van der Waals surface area contributed by atoms with Crippen LogP contribution in [0.15, 0.2) is 61.1 Å². The number of amides is 1. The molecule has 1 unspecified atom stereocenters. The van der Waals surface area contributed by atoms with E-state index in [-0.39, 0.29) is 28.5 Å². The first-order chi connectivity index (χ1) is 19.1. The number of hydrogen-bond acceptors (Lipinski definition) is 8. The number of aromatic nitrogens is 4. The van der Waals surface area contributed by atoms with Crippen LogP contribution in [0.25, 0.3) is 11.3 Å². The molecule has 40 heavy (non-hydrogen) atoms. The molecule has 2 aromatic carbocycles. The molecule has 0 bridgehead atoms. The molecule has 14 heteroatoms. The molecule has 0 radical (unpaired) electrons. The van der Waals surface area contributed by atoms with Crippen LogP contribution in [-0.4, -0.2) is 37.5 Å². The van der Waals surface area contributed by atoms with Crippen molar-refractivity contribution < 1.29 is 27.1 Å². The Hall–Kier alpha value is -4.33. The number of rotatable bonds is 11. The molecule has 2 aromatic heterocycles. The van der Waals surface area contributed by atoms with E-state index >= 15 is 0 Å². The van der Waals surface area contributed by atoms with E-state index < -0.39 is 29.3 Å². The van der Waals surface area contributed by atoms with Crippen LogP contribution in [0.1, 0.15) is 42.3 Å². The largest absolute Gasteiger partial charge is 0.484 e. The van der Waals surface area contributed by atoms with Crippen LogP contribution in [0.2, 0.25) is 0 Å². The number of carbonyl (C=O) groups is 1. The molecular weight excluding hydrogens is 550 g/mol. The highest BCUT2D eigenvalue weighted by molar-refractivity contribution is 8.01. The third kappa shape index (κ3) is 6.81. The summed E-state index contributed by atoms with van der Waals surface area (Å²) in [6.45, 7) is 2.89.